The van der Waals surface area contributed by atoms with Crippen molar-refractivity contribution < 1.29 is 26.4 Å². The van der Waals surface area contributed by atoms with Gasteiger partial charge in [-0.15, -0.1) is 0 Å². The van der Waals surface area contributed by atoms with Crippen LogP contribution in [-0.4, -0.2) is 57.5 Å². The van der Waals surface area contributed by atoms with Crippen LogP contribution in [0.1, 0.15) is 27.9 Å². The smallest absolute Gasteiger partial charge is 0.286 e. The molecular weight excluding hydrogens is 415 g/mol. The summed E-state index contributed by atoms with van der Waals surface area (Å²) >= 11 is 0. The van der Waals surface area contributed by atoms with Gasteiger partial charge in [-0.25, -0.2) is 0 Å². The first kappa shape index (κ1) is 21.9. The minimum Gasteiger partial charge on any atom is -0.507 e. The fourth-order valence-electron chi connectivity index (χ4n) is 2.39. The van der Waals surface area contributed by atoms with E-state index in [1.807, 2.05) is 24.3 Å². The second-order valence-corrected chi connectivity index (χ2v) is 13.2. The van der Waals surface area contributed by atoms with Crippen molar-refractivity contribution in [3.63, 3.8) is 0 Å². The van der Waals surface area contributed by atoms with E-state index >= 15 is 0 Å². The first-order valence-electron chi connectivity index (χ1n) is 8.65. The standard InChI is InChI=1S/C16H17NO2.H8O4Si4/c17-11-5-9-13-8-4-10-14(16(13)19)15(18)12-6-2-1-3-7-12;1-5-2-7-4-8-3-6-1/h1-4,6-8,10,19H,5,9,11,17H2;5-8H2. The average Bonchev–Trinajstić information content (AvgIpc) is 2.67. The van der Waals surface area contributed by atoms with E-state index in [0.29, 0.717) is 24.1 Å². The molecule has 1 aliphatic heterocycles. The summed E-state index contributed by atoms with van der Waals surface area (Å²) in [5.74, 6) is -0.0856. The van der Waals surface area contributed by atoms with Crippen molar-refractivity contribution in [3.8, 4) is 5.75 Å². The number of para-hydroxylation sites is 1. The molecule has 0 amide bonds. The number of phenols is 1. The van der Waals surface area contributed by atoms with E-state index < -0.39 is 40.0 Å². The molecule has 146 valence electrons. The van der Waals surface area contributed by atoms with Gasteiger partial charge in [0, 0.05) is 5.56 Å². The zero-order valence-electron chi connectivity index (χ0n) is 15.1. The number of hydrogen-bond donors (Lipinski definition) is 2. The molecular formula is C16H25NO6Si4. The van der Waals surface area contributed by atoms with E-state index in [2.05, 4.69) is 0 Å². The minimum absolute atomic E-state index is 0.0739. The maximum absolute atomic E-state index is 12.3. The van der Waals surface area contributed by atoms with Crippen molar-refractivity contribution in [2.45, 2.75) is 12.8 Å². The lowest BCUT2D eigenvalue weighted by Gasteiger charge is -2.10. The summed E-state index contributed by atoms with van der Waals surface area (Å²) in [4.78, 5) is 12.3. The molecule has 0 radical (unpaired) electrons. The van der Waals surface area contributed by atoms with Gasteiger partial charge in [0.15, 0.2) is 5.78 Å². The number of carbonyl (C=O) groups is 1. The zero-order valence-corrected chi connectivity index (χ0v) is 20.8. The molecule has 0 saturated carbocycles. The van der Waals surface area contributed by atoms with E-state index in [4.69, 9.17) is 22.2 Å². The van der Waals surface area contributed by atoms with Gasteiger partial charge in [-0.3, -0.25) is 4.79 Å². The highest BCUT2D eigenvalue weighted by molar-refractivity contribution is 6.50. The topological polar surface area (TPSA) is 100 Å². The molecule has 0 bridgehead atoms. The van der Waals surface area contributed by atoms with Gasteiger partial charge in [-0.1, -0.05) is 42.5 Å². The van der Waals surface area contributed by atoms with E-state index in [1.54, 1.807) is 24.3 Å². The molecule has 1 fully saturated rings. The van der Waals surface area contributed by atoms with Gasteiger partial charge < -0.3 is 27.3 Å². The molecule has 1 heterocycles. The Balaban J connectivity index is 0.000000273. The van der Waals surface area contributed by atoms with Crippen LogP contribution in [0.3, 0.4) is 0 Å². The third-order valence-corrected chi connectivity index (χ3v) is 9.05. The van der Waals surface area contributed by atoms with Crippen LogP contribution in [0.25, 0.3) is 0 Å². The normalized spacial score (nSPS) is 18.0. The van der Waals surface area contributed by atoms with E-state index in [1.165, 1.54) is 0 Å². The predicted molar refractivity (Wildman–Crippen MR) is 114 cm³/mol. The molecule has 1 aliphatic rings. The second kappa shape index (κ2) is 12.9. The largest absolute Gasteiger partial charge is 0.507 e. The molecule has 11 heteroatoms. The average molecular weight is 440 g/mol. The molecule has 2 aromatic rings. The zero-order chi connectivity index (χ0) is 19.3. The van der Waals surface area contributed by atoms with Gasteiger partial charge in [0.05, 0.1) is 5.56 Å². The Morgan fingerprint density at radius 1 is 0.889 bits per heavy atom. The number of carbonyl (C=O) groups excluding carboxylic acids is 1. The maximum atomic E-state index is 12.3. The molecule has 0 aromatic heterocycles. The van der Waals surface area contributed by atoms with Gasteiger partial charge in [0.1, 0.15) is 5.75 Å². The fraction of sp³-hybridized carbons (Fsp3) is 0.188. The lowest BCUT2D eigenvalue weighted by molar-refractivity contribution is 0.103. The van der Waals surface area contributed by atoms with Gasteiger partial charge >= 0.3 is 0 Å². The Kier molecular flexibility index (Phi) is 10.4. The number of nitrogens with two attached hydrogens (primary N) is 1. The predicted octanol–water partition coefficient (Wildman–Crippen LogP) is -1.42. The van der Waals surface area contributed by atoms with Crippen LogP contribution in [0.5, 0.6) is 5.75 Å². The number of rotatable bonds is 5. The van der Waals surface area contributed by atoms with E-state index in [9.17, 15) is 9.90 Å². The first-order valence-corrected chi connectivity index (χ1v) is 13.3. The van der Waals surface area contributed by atoms with Crippen LogP contribution < -0.4 is 5.73 Å². The molecule has 3 rings (SSSR count). The second-order valence-electron chi connectivity index (χ2n) is 5.69. The molecule has 0 aliphatic carbocycles. The third-order valence-electron chi connectivity index (χ3n) is 3.72. The van der Waals surface area contributed by atoms with Crippen LogP contribution in [-0.2, 0) is 22.9 Å². The van der Waals surface area contributed by atoms with Gasteiger partial charge in [-0.05, 0) is 31.0 Å². The minimum atomic E-state index is -0.653. The van der Waals surface area contributed by atoms with Crippen molar-refractivity contribution >= 4 is 45.8 Å². The molecule has 2 aromatic carbocycles. The van der Waals surface area contributed by atoms with Gasteiger partial charge in [0.25, 0.3) is 40.0 Å². The summed E-state index contributed by atoms with van der Waals surface area (Å²) in [6.07, 6.45) is 1.47. The first-order chi connectivity index (χ1) is 13.2. The summed E-state index contributed by atoms with van der Waals surface area (Å²) in [7, 11) is -2.61. The van der Waals surface area contributed by atoms with Crippen molar-refractivity contribution in [1.29, 1.82) is 0 Å². The third kappa shape index (κ3) is 7.61. The highest BCUT2D eigenvalue weighted by Gasteiger charge is 2.15. The van der Waals surface area contributed by atoms with E-state index in [0.717, 1.165) is 12.0 Å². The lowest BCUT2D eigenvalue weighted by atomic mass is 9.98. The molecule has 0 spiro atoms. The van der Waals surface area contributed by atoms with Crippen LogP contribution in [0.2, 0.25) is 0 Å². The summed E-state index contributed by atoms with van der Waals surface area (Å²) in [6, 6.07) is 14.2. The SMILES string of the molecule is NCCCc1cccc(C(=O)c2ccccc2)c1O.O1[SiH2]O[SiH2]O[SiH2]O[SiH2]1. The number of aromatic hydroxyl groups is 1. The number of hydrogen-bond acceptors (Lipinski definition) is 7. The molecule has 0 unspecified atom stereocenters. The summed E-state index contributed by atoms with van der Waals surface area (Å²) < 4.78 is 20.4. The van der Waals surface area contributed by atoms with Crippen LogP contribution in [0, 0.1) is 0 Å². The summed E-state index contributed by atoms with van der Waals surface area (Å²) in [5.41, 5.74) is 7.16. The number of phenolic OH excluding ortho intramolecular Hbond substituents is 1. The fourth-order valence-corrected chi connectivity index (χ4v) is 9.60. The lowest BCUT2D eigenvalue weighted by Crippen LogP contribution is -2.23. The van der Waals surface area contributed by atoms with Crippen molar-refractivity contribution in [1.82, 2.24) is 0 Å². The molecule has 27 heavy (non-hydrogen) atoms. The van der Waals surface area contributed by atoms with Crippen LogP contribution in [0.4, 0.5) is 0 Å². The Morgan fingerprint density at radius 3 is 2.04 bits per heavy atom. The maximum Gasteiger partial charge on any atom is 0.286 e. The van der Waals surface area contributed by atoms with Gasteiger partial charge in [0.2, 0.25) is 0 Å². The molecule has 0 atom stereocenters. The molecule has 7 nitrogen and oxygen atoms in total. The Labute approximate surface area is 168 Å². The highest BCUT2D eigenvalue weighted by atomic mass is 28.4. The molecule has 1 saturated heterocycles. The van der Waals surface area contributed by atoms with Crippen molar-refractivity contribution in [3.05, 3.63) is 65.2 Å². The van der Waals surface area contributed by atoms with Crippen LogP contribution in [0.15, 0.2) is 48.5 Å². The number of benzene rings is 2. The van der Waals surface area contributed by atoms with E-state index in [-0.39, 0.29) is 11.5 Å². The summed E-state index contributed by atoms with van der Waals surface area (Å²) in [6.45, 7) is 0.566. The van der Waals surface area contributed by atoms with Gasteiger partial charge in [-0.2, -0.15) is 0 Å². The Hall–Kier alpha value is -1.42. The Morgan fingerprint density at radius 2 is 1.48 bits per heavy atom. The Bertz CT molecular complexity index is 683. The number of ketones is 1. The monoisotopic (exact) mass is 439 g/mol. The van der Waals surface area contributed by atoms with Crippen molar-refractivity contribution in [2.75, 3.05) is 6.54 Å². The summed E-state index contributed by atoms with van der Waals surface area (Å²) in [5, 5.41) is 10.2. The van der Waals surface area contributed by atoms with Crippen LogP contribution >= 0.6 is 0 Å². The number of aryl methyl sites for hydroxylation is 1. The molecule has 3 N–H and O–H groups in total. The van der Waals surface area contributed by atoms with Crippen molar-refractivity contribution in [2.24, 2.45) is 5.73 Å². The quantitative estimate of drug-likeness (QED) is 0.435. The highest BCUT2D eigenvalue weighted by Crippen LogP contribution is 2.25.